The summed E-state index contributed by atoms with van der Waals surface area (Å²) in [6.07, 6.45) is 2.19. The van der Waals surface area contributed by atoms with Crippen molar-refractivity contribution in [1.82, 2.24) is 13.5 Å². The van der Waals surface area contributed by atoms with E-state index in [1.807, 2.05) is 7.05 Å². The van der Waals surface area contributed by atoms with Crippen molar-refractivity contribution in [3.05, 3.63) is 24.3 Å². The maximum absolute atomic E-state index is 12.7. The van der Waals surface area contributed by atoms with Crippen LogP contribution in [0, 0.1) is 0 Å². The summed E-state index contributed by atoms with van der Waals surface area (Å²) in [4.78, 5) is 14.7. The Bertz CT molecular complexity index is 923. The summed E-state index contributed by atoms with van der Waals surface area (Å²) in [6, 6.07) is 5.25. The van der Waals surface area contributed by atoms with Crippen molar-refractivity contribution in [3.8, 4) is 0 Å². The molecule has 2 aliphatic rings. The summed E-state index contributed by atoms with van der Waals surface area (Å²) >= 11 is 0. The Labute approximate surface area is 166 Å². The number of amides is 1. The molecular formula is C17H26N4O5S2. The minimum Gasteiger partial charge on any atom is -0.325 e. The van der Waals surface area contributed by atoms with Crippen LogP contribution in [0.4, 0.5) is 5.69 Å². The lowest BCUT2D eigenvalue weighted by Crippen LogP contribution is -2.47. The number of nitrogens with zero attached hydrogens (tertiary/aromatic N) is 3. The standard InChI is InChI=1S/C17H26N4O5S2/c1-19-10-12-20(13-11-19)28(25,26)15-7-5-14(6-8-15)18-17(22)16-4-3-9-21(16)27(2,23)24/h5-8,16H,3-4,9-13H2,1-2H3,(H,18,22). The van der Waals surface area contributed by atoms with Crippen LogP contribution >= 0.6 is 0 Å². The summed E-state index contributed by atoms with van der Waals surface area (Å²) < 4.78 is 51.7. The average molecular weight is 431 g/mol. The third-order valence-corrected chi connectivity index (χ3v) is 8.36. The molecule has 2 heterocycles. The molecule has 1 N–H and O–H groups in total. The van der Waals surface area contributed by atoms with Gasteiger partial charge in [0.1, 0.15) is 6.04 Å². The van der Waals surface area contributed by atoms with Crippen LogP contribution in [-0.2, 0) is 24.8 Å². The van der Waals surface area contributed by atoms with Gasteiger partial charge in [0, 0.05) is 38.4 Å². The van der Waals surface area contributed by atoms with Gasteiger partial charge in [0.05, 0.1) is 11.2 Å². The molecule has 1 aromatic carbocycles. The van der Waals surface area contributed by atoms with E-state index in [9.17, 15) is 21.6 Å². The van der Waals surface area contributed by atoms with E-state index in [0.29, 0.717) is 51.3 Å². The molecule has 3 rings (SSSR count). The van der Waals surface area contributed by atoms with Crippen LogP contribution in [0.1, 0.15) is 12.8 Å². The largest absolute Gasteiger partial charge is 0.325 e. The highest BCUT2D eigenvalue weighted by molar-refractivity contribution is 7.89. The van der Waals surface area contributed by atoms with Crippen LogP contribution in [0.15, 0.2) is 29.2 Å². The normalized spacial score (nSPS) is 23.0. The zero-order chi connectivity index (χ0) is 20.5. The highest BCUT2D eigenvalue weighted by atomic mass is 32.2. The molecule has 2 fully saturated rings. The van der Waals surface area contributed by atoms with Gasteiger partial charge >= 0.3 is 0 Å². The number of benzene rings is 1. The first-order valence-corrected chi connectivity index (χ1v) is 12.4. The number of nitrogens with one attached hydrogen (secondary N) is 1. The number of rotatable bonds is 5. The number of anilines is 1. The predicted octanol–water partition coefficient (Wildman–Crippen LogP) is -0.0148. The fourth-order valence-corrected chi connectivity index (χ4v) is 6.06. The molecule has 9 nitrogen and oxygen atoms in total. The molecule has 1 aromatic rings. The van der Waals surface area contributed by atoms with E-state index < -0.39 is 32.0 Å². The van der Waals surface area contributed by atoms with E-state index in [1.54, 1.807) is 0 Å². The monoisotopic (exact) mass is 430 g/mol. The van der Waals surface area contributed by atoms with Gasteiger partial charge in [-0.15, -0.1) is 0 Å². The molecule has 1 unspecified atom stereocenters. The Morgan fingerprint density at radius 2 is 1.61 bits per heavy atom. The molecule has 1 amide bonds. The van der Waals surface area contributed by atoms with Crippen LogP contribution in [-0.4, -0.2) is 88.3 Å². The van der Waals surface area contributed by atoms with Crippen molar-refractivity contribution in [2.75, 3.05) is 51.3 Å². The minimum absolute atomic E-state index is 0.175. The first-order valence-electron chi connectivity index (χ1n) is 9.15. The molecule has 0 spiro atoms. The average Bonchev–Trinajstić information content (AvgIpc) is 3.13. The van der Waals surface area contributed by atoms with E-state index in [1.165, 1.54) is 32.9 Å². The zero-order valence-corrected chi connectivity index (χ0v) is 17.7. The Kier molecular flexibility index (Phi) is 6.11. The number of carbonyl (C=O) groups excluding carboxylic acids is 1. The number of carbonyl (C=O) groups is 1. The van der Waals surface area contributed by atoms with Crippen molar-refractivity contribution in [2.24, 2.45) is 0 Å². The second-order valence-corrected chi connectivity index (χ2v) is 11.1. The zero-order valence-electron chi connectivity index (χ0n) is 16.0. The lowest BCUT2D eigenvalue weighted by Gasteiger charge is -2.31. The molecule has 2 aliphatic heterocycles. The molecular weight excluding hydrogens is 404 g/mol. The second kappa shape index (κ2) is 8.07. The van der Waals surface area contributed by atoms with Crippen molar-refractivity contribution in [2.45, 2.75) is 23.8 Å². The lowest BCUT2D eigenvalue weighted by atomic mass is 10.2. The van der Waals surface area contributed by atoms with E-state index in [2.05, 4.69) is 10.2 Å². The van der Waals surface area contributed by atoms with Crippen molar-refractivity contribution in [1.29, 1.82) is 0 Å². The highest BCUT2D eigenvalue weighted by Crippen LogP contribution is 2.23. The van der Waals surface area contributed by atoms with Gasteiger partial charge in [-0.25, -0.2) is 16.8 Å². The van der Waals surface area contributed by atoms with Gasteiger partial charge in [-0.05, 0) is 44.2 Å². The van der Waals surface area contributed by atoms with E-state index in [4.69, 9.17) is 0 Å². The number of likely N-dealkylation sites (N-methyl/N-ethyl adjacent to an activating group) is 1. The fourth-order valence-electron chi connectivity index (χ4n) is 3.51. The van der Waals surface area contributed by atoms with Crippen LogP contribution in [0.3, 0.4) is 0 Å². The Morgan fingerprint density at radius 3 is 2.18 bits per heavy atom. The summed E-state index contributed by atoms with van der Waals surface area (Å²) in [5.74, 6) is -0.405. The summed E-state index contributed by atoms with van der Waals surface area (Å²) in [5.41, 5.74) is 0.433. The molecule has 0 saturated carbocycles. The van der Waals surface area contributed by atoms with Crippen LogP contribution in [0.5, 0.6) is 0 Å². The molecule has 2 saturated heterocycles. The SMILES string of the molecule is CN1CCN(S(=O)(=O)c2ccc(NC(=O)C3CCCN3S(C)(=O)=O)cc2)CC1. The van der Waals surface area contributed by atoms with Gasteiger partial charge in [0.25, 0.3) is 0 Å². The van der Waals surface area contributed by atoms with Crippen molar-refractivity contribution >= 4 is 31.6 Å². The Balaban J connectivity index is 1.68. The number of sulfonamides is 2. The van der Waals surface area contributed by atoms with Gasteiger partial charge in [-0.3, -0.25) is 4.79 Å². The molecule has 28 heavy (non-hydrogen) atoms. The van der Waals surface area contributed by atoms with Gasteiger partial charge in [0.15, 0.2) is 0 Å². The van der Waals surface area contributed by atoms with Gasteiger partial charge in [-0.2, -0.15) is 8.61 Å². The molecule has 0 aromatic heterocycles. The van der Waals surface area contributed by atoms with Gasteiger partial charge < -0.3 is 10.2 Å². The smallest absolute Gasteiger partial charge is 0.243 e. The van der Waals surface area contributed by atoms with Crippen molar-refractivity contribution in [3.63, 3.8) is 0 Å². The Hall–Kier alpha value is -1.53. The molecule has 0 radical (unpaired) electrons. The lowest BCUT2D eigenvalue weighted by molar-refractivity contribution is -0.119. The fraction of sp³-hybridized carbons (Fsp3) is 0.588. The van der Waals surface area contributed by atoms with Crippen LogP contribution in [0.2, 0.25) is 0 Å². The number of hydrogen-bond acceptors (Lipinski definition) is 6. The maximum atomic E-state index is 12.7. The summed E-state index contributed by atoms with van der Waals surface area (Å²) in [7, 11) is -5.06. The molecule has 0 bridgehead atoms. The first-order chi connectivity index (χ1) is 13.1. The topological polar surface area (TPSA) is 107 Å². The molecule has 0 aliphatic carbocycles. The maximum Gasteiger partial charge on any atom is 0.243 e. The highest BCUT2D eigenvalue weighted by Gasteiger charge is 2.36. The third-order valence-electron chi connectivity index (χ3n) is 5.15. The third kappa shape index (κ3) is 4.54. The second-order valence-electron chi connectivity index (χ2n) is 7.25. The van der Waals surface area contributed by atoms with Crippen molar-refractivity contribution < 1.29 is 21.6 Å². The predicted molar refractivity (Wildman–Crippen MR) is 106 cm³/mol. The molecule has 11 heteroatoms. The Morgan fingerprint density at radius 1 is 1.00 bits per heavy atom. The van der Waals surface area contributed by atoms with Gasteiger partial charge in [-0.1, -0.05) is 0 Å². The van der Waals surface area contributed by atoms with E-state index in [-0.39, 0.29) is 4.90 Å². The summed E-state index contributed by atoms with van der Waals surface area (Å²) in [6.45, 7) is 2.59. The number of piperazine rings is 1. The molecule has 156 valence electrons. The van der Waals surface area contributed by atoms with E-state index in [0.717, 1.165) is 6.26 Å². The quantitative estimate of drug-likeness (QED) is 0.704. The van der Waals surface area contributed by atoms with E-state index >= 15 is 0 Å². The minimum atomic E-state index is -3.57. The number of hydrogen-bond donors (Lipinski definition) is 1. The first kappa shape index (κ1) is 21.2. The summed E-state index contributed by atoms with van der Waals surface area (Å²) in [5, 5.41) is 2.69. The van der Waals surface area contributed by atoms with Crippen LogP contribution in [0.25, 0.3) is 0 Å². The van der Waals surface area contributed by atoms with Crippen LogP contribution < -0.4 is 5.32 Å². The van der Waals surface area contributed by atoms with Gasteiger partial charge in [0.2, 0.25) is 26.0 Å². The molecule has 1 atom stereocenters.